The number of amides is 1. The van der Waals surface area contributed by atoms with Gasteiger partial charge in [0.15, 0.2) is 0 Å². The van der Waals surface area contributed by atoms with Gasteiger partial charge in [-0.1, -0.05) is 37.1 Å². The number of unbranched alkanes of at least 4 members (excludes halogenated alkanes) is 1. The molecule has 0 bridgehead atoms. The fourth-order valence-corrected chi connectivity index (χ4v) is 3.39. The van der Waals surface area contributed by atoms with Gasteiger partial charge >= 0.3 is 0 Å². The van der Waals surface area contributed by atoms with E-state index in [0.29, 0.717) is 0 Å². The first-order chi connectivity index (χ1) is 12.2. The van der Waals surface area contributed by atoms with Gasteiger partial charge in [-0.15, -0.1) is 11.3 Å². The van der Waals surface area contributed by atoms with Gasteiger partial charge in [0, 0.05) is 23.6 Å². The average molecular weight is 354 g/mol. The summed E-state index contributed by atoms with van der Waals surface area (Å²) in [6.07, 6.45) is 4.11. The van der Waals surface area contributed by atoms with Crippen LogP contribution in [-0.4, -0.2) is 20.7 Å². The van der Waals surface area contributed by atoms with E-state index in [2.05, 4.69) is 41.4 Å². The van der Waals surface area contributed by atoms with Gasteiger partial charge in [0.2, 0.25) is 5.91 Å². The third-order valence-electron chi connectivity index (χ3n) is 3.87. The Morgan fingerprint density at radius 2 is 2.20 bits per heavy atom. The van der Waals surface area contributed by atoms with Crippen LogP contribution in [0.5, 0.6) is 0 Å². The van der Waals surface area contributed by atoms with Crippen molar-refractivity contribution in [1.82, 2.24) is 14.8 Å². The molecule has 0 fully saturated rings. The Labute approximate surface area is 151 Å². The van der Waals surface area contributed by atoms with Gasteiger partial charge < -0.3 is 5.32 Å². The highest BCUT2D eigenvalue weighted by molar-refractivity contribution is 7.13. The maximum Gasteiger partial charge on any atom is 0.231 e. The van der Waals surface area contributed by atoms with E-state index in [1.54, 1.807) is 17.5 Å². The summed E-state index contributed by atoms with van der Waals surface area (Å²) in [5, 5.41) is 10.1. The van der Waals surface area contributed by atoms with Crippen LogP contribution >= 0.6 is 11.3 Å². The van der Waals surface area contributed by atoms with Crippen LogP contribution in [0.3, 0.4) is 0 Å². The van der Waals surface area contributed by atoms with Crippen molar-refractivity contribution in [1.29, 1.82) is 0 Å². The third-order valence-corrected chi connectivity index (χ3v) is 4.81. The molecule has 1 N–H and O–H groups in total. The number of hydrogen-bond donors (Lipinski definition) is 1. The summed E-state index contributed by atoms with van der Waals surface area (Å²) in [4.78, 5) is 16.9. The van der Waals surface area contributed by atoms with Crippen LogP contribution in [-0.2, 0) is 17.8 Å². The molecule has 1 amide bonds. The second-order valence-electron chi connectivity index (χ2n) is 6.03. The maximum atomic E-state index is 12.3. The molecular formula is C19H22N4OS. The van der Waals surface area contributed by atoms with Crippen LogP contribution in [0, 0.1) is 6.92 Å². The number of aryl methyl sites for hydroxylation is 2. The number of benzene rings is 1. The molecule has 0 atom stereocenters. The van der Waals surface area contributed by atoms with Crippen molar-refractivity contribution in [2.24, 2.45) is 0 Å². The van der Waals surface area contributed by atoms with Crippen LogP contribution in [0.4, 0.5) is 5.82 Å². The Morgan fingerprint density at radius 3 is 3.00 bits per heavy atom. The molecule has 0 aliphatic heterocycles. The fourth-order valence-electron chi connectivity index (χ4n) is 2.58. The molecule has 3 rings (SSSR count). The van der Waals surface area contributed by atoms with Gasteiger partial charge in [-0.25, -0.2) is 9.67 Å². The van der Waals surface area contributed by atoms with Gasteiger partial charge in [-0.05, 0) is 19.4 Å². The van der Waals surface area contributed by atoms with Crippen molar-refractivity contribution < 1.29 is 4.79 Å². The fraction of sp³-hybridized carbons (Fsp3) is 0.316. The maximum absolute atomic E-state index is 12.3. The Kier molecular flexibility index (Phi) is 5.60. The van der Waals surface area contributed by atoms with E-state index in [1.807, 2.05) is 28.3 Å². The highest BCUT2D eigenvalue weighted by atomic mass is 32.1. The first kappa shape index (κ1) is 17.4. The normalized spacial score (nSPS) is 10.8. The van der Waals surface area contributed by atoms with Gasteiger partial charge in [0.25, 0.3) is 0 Å². The minimum atomic E-state index is -0.0701. The van der Waals surface area contributed by atoms with Crippen molar-refractivity contribution in [2.45, 2.75) is 39.7 Å². The van der Waals surface area contributed by atoms with E-state index < -0.39 is 0 Å². The lowest BCUT2D eigenvalue weighted by molar-refractivity contribution is -0.115. The van der Waals surface area contributed by atoms with Crippen LogP contribution in [0.1, 0.15) is 31.0 Å². The second kappa shape index (κ2) is 8.07. The van der Waals surface area contributed by atoms with Crippen molar-refractivity contribution in [3.63, 3.8) is 0 Å². The summed E-state index contributed by atoms with van der Waals surface area (Å²) >= 11 is 1.57. The van der Waals surface area contributed by atoms with Gasteiger partial charge in [0.1, 0.15) is 10.8 Å². The number of carbonyl (C=O) groups excluding carboxylic acids is 1. The van der Waals surface area contributed by atoms with Crippen molar-refractivity contribution in [2.75, 3.05) is 5.32 Å². The van der Waals surface area contributed by atoms with Crippen LogP contribution in [0.25, 0.3) is 10.6 Å². The van der Waals surface area contributed by atoms with E-state index in [0.717, 1.165) is 41.5 Å². The minimum Gasteiger partial charge on any atom is -0.311 e. The van der Waals surface area contributed by atoms with Crippen molar-refractivity contribution in [3.05, 3.63) is 53.2 Å². The SMILES string of the molecule is CCCCn1nccc1NC(=O)Cc1csc(-c2cccc(C)c2)n1. The van der Waals surface area contributed by atoms with E-state index >= 15 is 0 Å². The lowest BCUT2D eigenvalue weighted by Crippen LogP contribution is -2.18. The highest BCUT2D eigenvalue weighted by Crippen LogP contribution is 2.24. The molecule has 0 saturated heterocycles. The Morgan fingerprint density at radius 1 is 1.32 bits per heavy atom. The molecule has 130 valence electrons. The average Bonchev–Trinajstić information content (AvgIpc) is 3.22. The number of nitrogens with zero attached hydrogens (tertiary/aromatic N) is 3. The van der Waals surface area contributed by atoms with E-state index in [9.17, 15) is 4.79 Å². The lowest BCUT2D eigenvalue weighted by Gasteiger charge is -2.07. The largest absolute Gasteiger partial charge is 0.311 e. The summed E-state index contributed by atoms with van der Waals surface area (Å²) < 4.78 is 1.83. The molecule has 0 saturated carbocycles. The summed E-state index contributed by atoms with van der Waals surface area (Å²) in [5.41, 5.74) is 3.08. The molecule has 6 heteroatoms. The van der Waals surface area contributed by atoms with Gasteiger partial charge in [0.05, 0.1) is 18.3 Å². The molecule has 1 aromatic carbocycles. The number of carbonyl (C=O) groups is 1. The zero-order chi connectivity index (χ0) is 17.6. The molecule has 2 heterocycles. The lowest BCUT2D eigenvalue weighted by atomic mass is 10.1. The summed E-state index contributed by atoms with van der Waals surface area (Å²) in [5.74, 6) is 0.673. The van der Waals surface area contributed by atoms with Gasteiger partial charge in [-0.2, -0.15) is 5.10 Å². The summed E-state index contributed by atoms with van der Waals surface area (Å²) in [7, 11) is 0. The zero-order valence-electron chi connectivity index (χ0n) is 14.5. The molecule has 0 aliphatic rings. The van der Waals surface area contributed by atoms with E-state index in [-0.39, 0.29) is 12.3 Å². The molecule has 5 nitrogen and oxygen atoms in total. The second-order valence-corrected chi connectivity index (χ2v) is 6.89. The quantitative estimate of drug-likeness (QED) is 0.688. The molecular weight excluding hydrogens is 332 g/mol. The molecule has 0 radical (unpaired) electrons. The smallest absolute Gasteiger partial charge is 0.231 e. The van der Waals surface area contributed by atoms with Crippen LogP contribution < -0.4 is 5.32 Å². The Hall–Kier alpha value is -2.47. The topological polar surface area (TPSA) is 59.8 Å². The number of anilines is 1. The van der Waals surface area contributed by atoms with Gasteiger partial charge in [-0.3, -0.25) is 4.79 Å². The molecule has 0 spiro atoms. The number of hydrogen-bond acceptors (Lipinski definition) is 4. The first-order valence-corrected chi connectivity index (χ1v) is 9.37. The minimum absolute atomic E-state index is 0.0701. The molecule has 2 aromatic heterocycles. The molecule has 3 aromatic rings. The summed E-state index contributed by atoms with van der Waals surface area (Å²) in [6, 6.07) is 10.1. The standard InChI is InChI=1S/C19H22N4OS/c1-3-4-10-23-17(8-9-20-23)22-18(24)12-16-13-25-19(21-16)15-7-5-6-14(2)11-15/h5-9,11,13H,3-4,10,12H2,1-2H3,(H,22,24). The molecule has 25 heavy (non-hydrogen) atoms. The predicted molar refractivity (Wildman–Crippen MR) is 102 cm³/mol. The first-order valence-electron chi connectivity index (χ1n) is 8.49. The zero-order valence-corrected chi connectivity index (χ0v) is 15.3. The third kappa shape index (κ3) is 4.54. The number of rotatable bonds is 7. The van der Waals surface area contributed by atoms with E-state index in [1.165, 1.54) is 5.56 Å². The predicted octanol–water partition coefficient (Wildman–Crippen LogP) is 4.30. The highest BCUT2D eigenvalue weighted by Gasteiger charge is 2.11. The van der Waals surface area contributed by atoms with Crippen molar-refractivity contribution in [3.8, 4) is 10.6 Å². The Balaban J connectivity index is 1.63. The van der Waals surface area contributed by atoms with Crippen molar-refractivity contribution >= 4 is 23.1 Å². The van der Waals surface area contributed by atoms with E-state index in [4.69, 9.17) is 0 Å². The number of nitrogens with one attached hydrogen (secondary N) is 1. The Bertz CT molecular complexity index is 852. The van der Waals surface area contributed by atoms with Crippen LogP contribution in [0.15, 0.2) is 41.9 Å². The monoisotopic (exact) mass is 354 g/mol. The molecule has 0 aliphatic carbocycles. The van der Waals surface area contributed by atoms with Crippen LogP contribution in [0.2, 0.25) is 0 Å². The number of aromatic nitrogens is 3. The molecule has 0 unspecified atom stereocenters. The number of thiazole rings is 1. The summed E-state index contributed by atoms with van der Waals surface area (Å²) in [6.45, 7) is 5.01.